The van der Waals surface area contributed by atoms with Crippen LogP contribution in [0.2, 0.25) is 0 Å². The summed E-state index contributed by atoms with van der Waals surface area (Å²) < 4.78 is 6.57. The summed E-state index contributed by atoms with van der Waals surface area (Å²) in [6, 6.07) is 10.0. The summed E-state index contributed by atoms with van der Waals surface area (Å²) in [5, 5.41) is 27.1. The number of carboxylic acid groups (broad SMARTS) is 1. The molecule has 3 aromatic rings. The summed E-state index contributed by atoms with van der Waals surface area (Å²) in [6.45, 7) is 0. The molecule has 8 heteroatoms. The van der Waals surface area contributed by atoms with Crippen LogP contribution < -0.4 is 4.74 Å². The van der Waals surface area contributed by atoms with Crippen molar-refractivity contribution in [2.75, 3.05) is 7.11 Å². The number of nitrogens with zero attached hydrogens (tertiary/aromatic N) is 4. The third-order valence-corrected chi connectivity index (χ3v) is 3.32. The lowest BCUT2D eigenvalue weighted by Gasteiger charge is -1.99. The first-order valence-corrected chi connectivity index (χ1v) is 7.05. The Kier molecular flexibility index (Phi) is 4.11. The number of benzene rings is 1. The Balaban J connectivity index is 2.04. The van der Waals surface area contributed by atoms with E-state index >= 15 is 0 Å². The van der Waals surface area contributed by atoms with Crippen molar-refractivity contribution in [3.8, 4) is 11.5 Å². The van der Waals surface area contributed by atoms with Gasteiger partial charge in [0.15, 0.2) is 17.2 Å². The van der Waals surface area contributed by atoms with Crippen LogP contribution in [0.3, 0.4) is 0 Å². The number of azo groups is 1. The molecule has 0 saturated heterocycles. The molecule has 0 aliphatic carbocycles. The van der Waals surface area contributed by atoms with Crippen LogP contribution in [0.1, 0.15) is 5.69 Å². The molecule has 2 aromatic heterocycles. The summed E-state index contributed by atoms with van der Waals surface area (Å²) in [4.78, 5) is 15.2. The number of hydrogen-bond acceptors (Lipinski definition) is 6. The van der Waals surface area contributed by atoms with Gasteiger partial charge in [-0.15, -0.1) is 10.2 Å². The van der Waals surface area contributed by atoms with Gasteiger partial charge in [0, 0.05) is 6.20 Å². The zero-order valence-corrected chi connectivity index (χ0v) is 12.7. The van der Waals surface area contributed by atoms with E-state index in [0.29, 0.717) is 11.4 Å². The van der Waals surface area contributed by atoms with Crippen molar-refractivity contribution < 1.29 is 19.7 Å². The van der Waals surface area contributed by atoms with Gasteiger partial charge >= 0.3 is 5.97 Å². The van der Waals surface area contributed by atoms with Gasteiger partial charge in [-0.2, -0.15) is 0 Å². The summed E-state index contributed by atoms with van der Waals surface area (Å²) in [7, 11) is 1.57. The maximum Gasteiger partial charge on any atom is 0.309 e. The van der Waals surface area contributed by atoms with Gasteiger partial charge in [-0.25, -0.2) is 4.98 Å². The van der Waals surface area contributed by atoms with Gasteiger partial charge in [0.25, 0.3) is 0 Å². The average Bonchev–Trinajstić information content (AvgIpc) is 2.91. The number of carboxylic acids is 1. The number of carbonyl (C=O) groups is 1. The van der Waals surface area contributed by atoms with Crippen molar-refractivity contribution in [1.82, 2.24) is 9.38 Å². The van der Waals surface area contributed by atoms with Crippen LogP contribution in [0.25, 0.3) is 5.65 Å². The fourth-order valence-electron chi connectivity index (χ4n) is 2.21. The fourth-order valence-corrected chi connectivity index (χ4v) is 2.21. The molecule has 0 radical (unpaired) electrons. The number of methoxy groups -OCH3 is 1. The minimum atomic E-state index is -1.04. The highest BCUT2D eigenvalue weighted by Gasteiger charge is 2.16. The van der Waals surface area contributed by atoms with Gasteiger partial charge in [-0.05, 0) is 36.4 Å². The van der Waals surface area contributed by atoms with Crippen LogP contribution in [0, 0.1) is 0 Å². The molecule has 0 bridgehead atoms. The molecule has 2 heterocycles. The third kappa shape index (κ3) is 3.02. The van der Waals surface area contributed by atoms with Crippen molar-refractivity contribution in [2.24, 2.45) is 10.2 Å². The Bertz CT molecular complexity index is 916. The minimum Gasteiger partial charge on any atom is -0.504 e. The zero-order chi connectivity index (χ0) is 17.1. The molecule has 0 atom stereocenters. The number of hydrogen-bond donors (Lipinski definition) is 2. The molecule has 24 heavy (non-hydrogen) atoms. The SMILES string of the molecule is COc1ccc(N=Nc2c(CC(=O)O)nc3c(O)cccn23)cc1. The maximum absolute atomic E-state index is 11.0. The topological polar surface area (TPSA) is 109 Å². The van der Waals surface area contributed by atoms with Gasteiger partial charge < -0.3 is 14.9 Å². The number of aromatic nitrogens is 2. The number of pyridine rings is 1. The Hall–Kier alpha value is -3.42. The van der Waals surface area contributed by atoms with Crippen molar-refractivity contribution in [2.45, 2.75) is 6.42 Å². The van der Waals surface area contributed by atoms with E-state index in [1.807, 2.05) is 0 Å². The highest BCUT2D eigenvalue weighted by molar-refractivity contribution is 5.73. The van der Waals surface area contributed by atoms with Crippen LogP contribution in [0.15, 0.2) is 52.8 Å². The molecule has 122 valence electrons. The quantitative estimate of drug-likeness (QED) is 0.700. The molecular formula is C16H14N4O4. The second-order valence-electron chi connectivity index (χ2n) is 4.94. The largest absolute Gasteiger partial charge is 0.504 e. The molecule has 2 N–H and O–H groups in total. The van der Waals surface area contributed by atoms with E-state index in [1.165, 1.54) is 10.5 Å². The Morgan fingerprint density at radius 2 is 2.00 bits per heavy atom. The van der Waals surface area contributed by atoms with Crippen molar-refractivity contribution >= 4 is 23.1 Å². The molecule has 0 aliphatic rings. The van der Waals surface area contributed by atoms with E-state index in [9.17, 15) is 9.90 Å². The summed E-state index contributed by atoms with van der Waals surface area (Å²) in [5.41, 5.74) is 1.03. The lowest BCUT2D eigenvalue weighted by Crippen LogP contribution is -2.00. The molecule has 3 rings (SSSR count). The van der Waals surface area contributed by atoms with Gasteiger partial charge in [-0.3, -0.25) is 9.20 Å². The first-order valence-electron chi connectivity index (χ1n) is 7.05. The van der Waals surface area contributed by atoms with Gasteiger partial charge in [0.2, 0.25) is 0 Å². The van der Waals surface area contributed by atoms with Gasteiger partial charge in [0.1, 0.15) is 5.75 Å². The standard InChI is InChI=1S/C16H14N4O4/c1-24-11-6-4-10(5-7-11)18-19-15-12(9-14(22)23)17-16-13(21)3-2-8-20(15)16/h2-8,21H,9H2,1H3,(H,22,23). The second-order valence-corrected chi connectivity index (χ2v) is 4.94. The molecule has 0 amide bonds. The highest BCUT2D eigenvalue weighted by Crippen LogP contribution is 2.28. The Morgan fingerprint density at radius 1 is 1.25 bits per heavy atom. The number of fused-ring (bicyclic) bond motifs is 1. The van der Waals surface area contributed by atoms with Crippen LogP contribution in [-0.2, 0) is 11.2 Å². The molecule has 0 unspecified atom stereocenters. The first-order chi connectivity index (χ1) is 11.6. The molecule has 1 aromatic carbocycles. The number of aliphatic carboxylic acids is 1. The molecular weight excluding hydrogens is 312 g/mol. The number of imidazole rings is 1. The normalized spacial score (nSPS) is 11.2. The molecule has 0 spiro atoms. The zero-order valence-electron chi connectivity index (χ0n) is 12.7. The van der Waals surface area contributed by atoms with E-state index in [-0.39, 0.29) is 29.3 Å². The predicted octanol–water partition coefficient (Wildman–Crippen LogP) is 3.09. The first kappa shape index (κ1) is 15.5. The average molecular weight is 326 g/mol. The fraction of sp³-hybridized carbons (Fsp3) is 0.125. The summed E-state index contributed by atoms with van der Waals surface area (Å²) in [6.07, 6.45) is 1.31. The van der Waals surface area contributed by atoms with Crippen LogP contribution >= 0.6 is 0 Å². The molecule has 0 saturated carbocycles. The van der Waals surface area contributed by atoms with Gasteiger partial charge in [-0.1, -0.05) is 0 Å². The van der Waals surface area contributed by atoms with Crippen LogP contribution in [0.5, 0.6) is 11.5 Å². The van der Waals surface area contributed by atoms with Gasteiger partial charge in [0.05, 0.1) is 24.9 Å². The van der Waals surface area contributed by atoms with Crippen molar-refractivity contribution in [1.29, 1.82) is 0 Å². The van der Waals surface area contributed by atoms with Crippen molar-refractivity contribution in [3.05, 3.63) is 48.3 Å². The lowest BCUT2D eigenvalue weighted by atomic mass is 10.3. The lowest BCUT2D eigenvalue weighted by molar-refractivity contribution is -0.136. The second kappa shape index (κ2) is 6.37. The number of rotatable bonds is 5. The predicted molar refractivity (Wildman–Crippen MR) is 85.4 cm³/mol. The molecule has 0 aliphatic heterocycles. The Labute approximate surface area is 136 Å². The van der Waals surface area contributed by atoms with Crippen molar-refractivity contribution in [3.63, 3.8) is 0 Å². The molecule has 8 nitrogen and oxygen atoms in total. The van der Waals surface area contributed by atoms with E-state index in [1.54, 1.807) is 43.6 Å². The van der Waals surface area contributed by atoms with Crippen LogP contribution in [0.4, 0.5) is 11.5 Å². The highest BCUT2D eigenvalue weighted by atomic mass is 16.5. The van der Waals surface area contributed by atoms with E-state index in [0.717, 1.165) is 0 Å². The minimum absolute atomic E-state index is 0.0602. The third-order valence-electron chi connectivity index (χ3n) is 3.32. The Morgan fingerprint density at radius 3 is 2.67 bits per heavy atom. The number of aromatic hydroxyl groups is 1. The van der Waals surface area contributed by atoms with E-state index in [4.69, 9.17) is 9.84 Å². The number of ether oxygens (including phenoxy) is 1. The van der Waals surface area contributed by atoms with E-state index < -0.39 is 5.97 Å². The molecule has 0 fully saturated rings. The summed E-state index contributed by atoms with van der Waals surface area (Å²) >= 11 is 0. The summed E-state index contributed by atoms with van der Waals surface area (Å²) in [5.74, 6) is -0.145. The smallest absolute Gasteiger partial charge is 0.309 e. The maximum atomic E-state index is 11.0. The van der Waals surface area contributed by atoms with E-state index in [2.05, 4.69) is 15.2 Å². The van der Waals surface area contributed by atoms with Crippen LogP contribution in [-0.4, -0.2) is 32.7 Å². The monoisotopic (exact) mass is 326 g/mol.